The Morgan fingerprint density at radius 2 is 1.77 bits per heavy atom. The number of nitrogens with zero attached hydrogens (tertiary/aromatic N) is 1. The number of nitrogens with two attached hydrogens (primary N) is 1. The minimum Gasteiger partial charge on any atom is -0.693 e. The van der Waals surface area contributed by atoms with Crippen LogP contribution in [0.15, 0.2) is 36.5 Å². The summed E-state index contributed by atoms with van der Waals surface area (Å²) >= 11 is 0. The van der Waals surface area contributed by atoms with Crippen molar-refractivity contribution in [3.8, 4) is 0 Å². The van der Waals surface area contributed by atoms with Crippen LogP contribution in [0.2, 0.25) is 0 Å². The minimum atomic E-state index is 0. The second-order valence-electron chi connectivity index (χ2n) is 2.49. The zero-order valence-corrected chi connectivity index (χ0v) is 10.1. The van der Waals surface area contributed by atoms with E-state index in [1.807, 2.05) is 30.3 Å². The molecule has 2 aromatic rings. The van der Waals surface area contributed by atoms with Gasteiger partial charge in [0.1, 0.15) is 0 Å². The molecule has 0 atom stereocenters. The molecule has 0 saturated heterocycles. The van der Waals surface area contributed by atoms with Crippen LogP contribution >= 0.6 is 0 Å². The minimum absolute atomic E-state index is 0. The molecule has 0 saturated carbocycles. The molecule has 0 aliphatic carbocycles. The number of benzene rings is 1. The van der Waals surface area contributed by atoms with Gasteiger partial charge in [-0.15, -0.1) is 17.5 Å². The van der Waals surface area contributed by atoms with Crippen molar-refractivity contribution in [3.05, 3.63) is 55.2 Å². The summed E-state index contributed by atoms with van der Waals surface area (Å²) in [5.41, 5.74) is 2.05. The van der Waals surface area contributed by atoms with Crippen molar-refractivity contribution in [1.29, 1.82) is 0 Å². The molecule has 1 heterocycles. The normalized spacial score (nSPS) is 8.62. The van der Waals surface area contributed by atoms with Gasteiger partial charge in [0.15, 0.2) is 0 Å². The molecule has 1 radical (unpaired) electrons. The number of para-hydroxylation sites is 1. The number of fused-ring (bicyclic) bond motifs is 1. The van der Waals surface area contributed by atoms with Crippen molar-refractivity contribution in [2.75, 3.05) is 0 Å². The summed E-state index contributed by atoms with van der Waals surface area (Å²) in [5.74, 6) is 0. The van der Waals surface area contributed by atoms with Gasteiger partial charge in [0.2, 0.25) is 0 Å². The maximum absolute atomic E-state index is 4.20. The van der Waals surface area contributed by atoms with Crippen molar-refractivity contribution >= 4 is 10.9 Å². The molecular formula is C10H10N2Y-2. The predicted molar refractivity (Wildman–Crippen MR) is 51.5 cm³/mol. The topological polar surface area (TPSA) is 46.4 Å². The van der Waals surface area contributed by atoms with Crippen molar-refractivity contribution in [3.63, 3.8) is 0 Å². The van der Waals surface area contributed by atoms with Crippen LogP contribution in [0.4, 0.5) is 0 Å². The van der Waals surface area contributed by atoms with Crippen LogP contribution in [0.5, 0.6) is 0 Å². The fourth-order valence-corrected chi connectivity index (χ4v) is 1.16. The number of hydrogen-bond donors (Lipinski definition) is 0. The molecule has 2 nitrogen and oxygen atoms in total. The van der Waals surface area contributed by atoms with Crippen molar-refractivity contribution in [1.82, 2.24) is 4.98 Å². The van der Waals surface area contributed by atoms with Gasteiger partial charge in [-0.2, -0.15) is 12.5 Å². The standard InChI is InChI=1S/C10H8N.H2N.Y/c1-8-6-7-11-10-5-3-2-4-9(8)10;;/h2-7H,1H2;1H2;/q2*-1;. The third-order valence-electron chi connectivity index (χ3n) is 1.74. The Labute approximate surface area is 103 Å². The van der Waals surface area contributed by atoms with E-state index in [9.17, 15) is 0 Å². The average molecular weight is 247 g/mol. The molecule has 0 fully saturated rings. The molecule has 65 valence electrons. The van der Waals surface area contributed by atoms with Gasteiger partial charge in [-0.1, -0.05) is 12.1 Å². The van der Waals surface area contributed by atoms with Gasteiger partial charge in [0, 0.05) is 38.2 Å². The molecule has 3 heteroatoms. The fourth-order valence-electron chi connectivity index (χ4n) is 1.16. The zero-order chi connectivity index (χ0) is 7.68. The number of hydrogen-bond acceptors (Lipinski definition) is 1. The zero-order valence-electron chi connectivity index (χ0n) is 7.27. The molecule has 2 N–H and O–H groups in total. The van der Waals surface area contributed by atoms with E-state index in [1.54, 1.807) is 6.20 Å². The Balaban J connectivity index is 0.000000720. The molecule has 0 unspecified atom stereocenters. The molecule has 0 aliphatic rings. The quantitative estimate of drug-likeness (QED) is 0.659. The van der Waals surface area contributed by atoms with Gasteiger partial charge < -0.3 is 6.15 Å². The molecule has 13 heavy (non-hydrogen) atoms. The first-order valence-corrected chi connectivity index (χ1v) is 3.53. The number of aromatic nitrogens is 1. The van der Waals surface area contributed by atoms with Crippen LogP contribution in [0.3, 0.4) is 0 Å². The summed E-state index contributed by atoms with van der Waals surface area (Å²) in [7, 11) is 0. The summed E-state index contributed by atoms with van der Waals surface area (Å²) < 4.78 is 0. The van der Waals surface area contributed by atoms with Crippen molar-refractivity contribution in [2.45, 2.75) is 0 Å². The van der Waals surface area contributed by atoms with E-state index in [0.717, 1.165) is 16.5 Å². The first kappa shape index (κ1) is 12.6. The van der Waals surface area contributed by atoms with E-state index in [0.29, 0.717) is 0 Å². The largest absolute Gasteiger partial charge is 0.693 e. The first-order chi connectivity index (χ1) is 5.38. The van der Waals surface area contributed by atoms with Crippen LogP contribution in [0.1, 0.15) is 5.56 Å². The van der Waals surface area contributed by atoms with E-state index < -0.39 is 0 Å². The van der Waals surface area contributed by atoms with E-state index >= 15 is 0 Å². The van der Waals surface area contributed by atoms with Crippen molar-refractivity contribution in [2.24, 2.45) is 0 Å². The van der Waals surface area contributed by atoms with Gasteiger partial charge >= 0.3 is 0 Å². The predicted octanol–water partition coefficient (Wildman–Crippen LogP) is 3.13. The van der Waals surface area contributed by atoms with E-state index in [4.69, 9.17) is 0 Å². The van der Waals surface area contributed by atoms with Crippen LogP contribution in [-0.2, 0) is 32.7 Å². The monoisotopic (exact) mass is 247 g/mol. The van der Waals surface area contributed by atoms with Crippen molar-refractivity contribution < 1.29 is 32.7 Å². The maximum atomic E-state index is 4.20. The molecule has 1 aromatic heterocycles. The van der Waals surface area contributed by atoms with E-state index in [1.165, 1.54) is 0 Å². The second kappa shape index (κ2) is 5.33. The Kier molecular flexibility index (Phi) is 5.15. The average Bonchev–Trinajstić information content (AvgIpc) is 2.06. The van der Waals surface area contributed by atoms with Crippen LogP contribution in [-0.4, -0.2) is 4.98 Å². The first-order valence-electron chi connectivity index (χ1n) is 3.53. The molecule has 0 bridgehead atoms. The molecule has 0 aliphatic heterocycles. The van der Waals surface area contributed by atoms with E-state index in [2.05, 4.69) is 11.9 Å². The molecule has 2 rings (SSSR count). The summed E-state index contributed by atoms with van der Waals surface area (Å²) in [4.78, 5) is 4.20. The second-order valence-corrected chi connectivity index (χ2v) is 2.49. The third-order valence-corrected chi connectivity index (χ3v) is 1.74. The summed E-state index contributed by atoms with van der Waals surface area (Å²) in [5, 5.41) is 1.13. The van der Waals surface area contributed by atoms with Crippen LogP contribution in [0, 0.1) is 6.92 Å². The van der Waals surface area contributed by atoms with Gasteiger partial charge in [0.25, 0.3) is 0 Å². The Bertz CT molecular complexity index is 382. The van der Waals surface area contributed by atoms with Gasteiger partial charge in [-0.05, 0) is 12.3 Å². The van der Waals surface area contributed by atoms with Crippen LogP contribution in [0.25, 0.3) is 17.1 Å². The molecule has 0 spiro atoms. The summed E-state index contributed by atoms with van der Waals surface area (Å²) in [6.45, 7) is 3.91. The number of pyridine rings is 1. The third kappa shape index (κ3) is 2.50. The fraction of sp³-hybridized carbons (Fsp3) is 0. The number of rotatable bonds is 0. The Morgan fingerprint density at radius 1 is 1.08 bits per heavy atom. The van der Waals surface area contributed by atoms with Gasteiger partial charge in [0.05, 0.1) is 0 Å². The smallest absolute Gasteiger partial charge is 0.0145 e. The Morgan fingerprint density at radius 3 is 2.46 bits per heavy atom. The molecular weight excluding hydrogens is 237 g/mol. The summed E-state index contributed by atoms with van der Waals surface area (Å²) in [6, 6.07) is 9.92. The molecule has 0 amide bonds. The van der Waals surface area contributed by atoms with Gasteiger partial charge in [-0.3, -0.25) is 4.98 Å². The van der Waals surface area contributed by atoms with E-state index in [-0.39, 0.29) is 38.9 Å². The van der Waals surface area contributed by atoms with Crippen LogP contribution < -0.4 is 0 Å². The SMILES string of the molecule is [CH2-]c1ccnc2ccccc12.[NH2-].[Y]. The molecule has 1 aromatic carbocycles. The Hall–Kier alpha value is -0.436. The van der Waals surface area contributed by atoms with Gasteiger partial charge in [-0.25, -0.2) is 0 Å². The maximum Gasteiger partial charge on any atom is 0.0145 e. The summed E-state index contributed by atoms with van der Waals surface area (Å²) in [6.07, 6.45) is 1.78.